The Kier molecular flexibility index (Phi) is 9.70. The van der Waals surface area contributed by atoms with Gasteiger partial charge in [0.15, 0.2) is 0 Å². The van der Waals surface area contributed by atoms with Crippen molar-refractivity contribution >= 4 is 39.4 Å². The highest BCUT2D eigenvalue weighted by atomic mass is 32.2. The van der Waals surface area contributed by atoms with Gasteiger partial charge in [0.25, 0.3) is 5.84 Å². The van der Waals surface area contributed by atoms with Crippen molar-refractivity contribution in [2.24, 2.45) is 5.73 Å². The maximum Gasteiger partial charge on any atom is 0.430 e. The quantitative estimate of drug-likeness (QED) is 0.210. The van der Waals surface area contributed by atoms with Crippen molar-refractivity contribution in [2.75, 3.05) is 11.9 Å². The van der Waals surface area contributed by atoms with Gasteiger partial charge in [0.1, 0.15) is 5.97 Å². The molecule has 7 N–H and O–H groups in total. The van der Waals surface area contributed by atoms with Gasteiger partial charge < -0.3 is 20.3 Å². The van der Waals surface area contributed by atoms with Crippen molar-refractivity contribution in [3.63, 3.8) is 0 Å². The van der Waals surface area contributed by atoms with Crippen LogP contribution in [0, 0.1) is 0 Å². The highest BCUT2D eigenvalue weighted by Crippen LogP contribution is 2.12. The third-order valence-corrected chi connectivity index (χ3v) is 5.24. The van der Waals surface area contributed by atoms with Gasteiger partial charge in [0.05, 0.1) is 16.0 Å². The van der Waals surface area contributed by atoms with Crippen LogP contribution in [0.5, 0.6) is 0 Å². The predicted octanol–water partition coefficient (Wildman–Crippen LogP) is -1.55. The standard InChI is InChI=1S/C17H18N4O5S.C2HF3O2/c18-16(19)11-4-6-14(7-5-11)27(25,26)20-9-8-15(22)21-13-3-1-2-12(10-13)17(23)24;3-2(4,5)1(6)7/h1-7,10,20H,8-9H2,(H3,18,19)(H,21,22)(H,23,24);(H,6,7). The van der Waals surface area contributed by atoms with E-state index < -0.39 is 34.0 Å². The Balaban J connectivity index is 0.000000718. The molecule has 0 aliphatic heterocycles. The first-order chi connectivity index (χ1) is 15.6. The van der Waals surface area contributed by atoms with Crippen molar-refractivity contribution in [3.8, 4) is 0 Å². The minimum atomic E-state index is -5.19. The molecule has 184 valence electrons. The van der Waals surface area contributed by atoms with Gasteiger partial charge in [0.2, 0.25) is 15.9 Å². The normalized spacial score (nSPS) is 11.0. The molecule has 0 fully saturated rings. The van der Waals surface area contributed by atoms with Crippen molar-refractivity contribution < 1.29 is 51.6 Å². The van der Waals surface area contributed by atoms with Gasteiger partial charge in [-0.05, 0) is 42.5 Å². The fourth-order valence-electron chi connectivity index (χ4n) is 2.16. The lowest BCUT2D eigenvalue weighted by Gasteiger charge is -2.08. The molecular weight excluding hydrogens is 485 g/mol. The number of amides is 1. The van der Waals surface area contributed by atoms with Gasteiger partial charge in [-0.15, -0.1) is 0 Å². The number of carbonyl (C=O) groups is 3. The smallest absolute Gasteiger partial charge is 0.430 e. The minimum Gasteiger partial charge on any atom is -0.542 e. The lowest BCUT2D eigenvalue weighted by Crippen LogP contribution is -2.46. The molecule has 0 radical (unpaired) electrons. The van der Waals surface area contributed by atoms with Crippen LogP contribution in [0.1, 0.15) is 22.3 Å². The molecule has 1 amide bonds. The third-order valence-electron chi connectivity index (χ3n) is 3.77. The maximum atomic E-state index is 12.2. The van der Waals surface area contributed by atoms with Crippen LogP contribution in [0.3, 0.4) is 0 Å². The number of hydrogen-bond acceptors (Lipinski definition) is 6. The fraction of sp³-hybridized carbons (Fsp3) is 0.158. The van der Waals surface area contributed by atoms with E-state index in [-0.39, 0.29) is 29.3 Å². The van der Waals surface area contributed by atoms with Gasteiger partial charge in [0, 0.05) is 18.7 Å². The van der Waals surface area contributed by atoms with Crippen molar-refractivity contribution in [1.82, 2.24) is 4.72 Å². The van der Waals surface area contributed by atoms with Crippen molar-refractivity contribution in [3.05, 3.63) is 59.7 Å². The second-order valence-electron chi connectivity index (χ2n) is 6.35. The fourth-order valence-corrected chi connectivity index (χ4v) is 3.19. The molecule has 0 atom stereocenters. The number of carbonyl (C=O) groups excluding carboxylic acids is 2. The summed E-state index contributed by atoms with van der Waals surface area (Å²) in [6.45, 7) is -0.125. The van der Waals surface area contributed by atoms with Gasteiger partial charge in [-0.25, -0.2) is 17.9 Å². The van der Waals surface area contributed by atoms with Crippen LogP contribution in [-0.2, 0) is 19.6 Å². The number of amidine groups is 1. The predicted molar refractivity (Wildman–Crippen MR) is 110 cm³/mol. The number of rotatable bonds is 8. The lowest BCUT2D eigenvalue weighted by atomic mass is 10.2. The topological polar surface area (TPSA) is 204 Å². The van der Waals surface area contributed by atoms with E-state index in [1.54, 1.807) is 0 Å². The average Bonchev–Trinajstić information content (AvgIpc) is 2.73. The molecule has 2 aromatic carbocycles. The van der Waals surface area contributed by atoms with E-state index in [1.807, 2.05) is 0 Å². The number of anilines is 1. The zero-order valence-corrected chi connectivity index (χ0v) is 17.9. The Hall–Kier alpha value is -3.98. The van der Waals surface area contributed by atoms with E-state index in [2.05, 4.69) is 10.0 Å². The summed E-state index contributed by atoms with van der Waals surface area (Å²) < 4.78 is 58.3. The molecule has 0 aliphatic carbocycles. The number of carboxylic acid groups (broad SMARTS) is 2. The number of nitrogens with two attached hydrogens (primary N) is 2. The largest absolute Gasteiger partial charge is 0.542 e. The summed E-state index contributed by atoms with van der Waals surface area (Å²) >= 11 is 0. The average molecular weight is 504 g/mol. The van der Waals surface area contributed by atoms with Crippen LogP contribution in [0.25, 0.3) is 0 Å². The third kappa shape index (κ3) is 9.25. The van der Waals surface area contributed by atoms with E-state index in [1.165, 1.54) is 48.5 Å². The zero-order chi connectivity index (χ0) is 26.1. The number of carboxylic acids is 2. The molecule has 0 saturated carbocycles. The van der Waals surface area contributed by atoms with Gasteiger partial charge in [-0.2, -0.15) is 13.2 Å². The van der Waals surface area contributed by atoms with E-state index in [4.69, 9.17) is 26.2 Å². The number of hydrogen-bond donors (Lipinski definition) is 5. The molecular formula is C19H19F3N4O7S. The van der Waals surface area contributed by atoms with Gasteiger partial charge in [-0.1, -0.05) is 6.07 Å². The number of aliphatic carboxylic acids is 1. The van der Waals surface area contributed by atoms with Crippen molar-refractivity contribution in [2.45, 2.75) is 17.5 Å². The summed E-state index contributed by atoms with van der Waals surface area (Å²) in [6, 6.07) is 11.4. The Labute approximate surface area is 191 Å². The second kappa shape index (κ2) is 11.8. The molecule has 0 spiro atoms. The first-order valence-corrected chi connectivity index (χ1v) is 10.5. The number of sulfonamides is 1. The van der Waals surface area contributed by atoms with E-state index in [0.717, 1.165) is 0 Å². The molecule has 34 heavy (non-hydrogen) atoms. The molecule has 2 rings (SSSR count). The highest BCUT2D eigenvalue weighted by Gasteiger charge is 2.28. The summed E-state index contributed by atoms with van der Waals surface area (Å²) in [5.41, 5.74) is 6.29. The first kappa shape index (κ1) is 28.1. The van der Waals surface area contributed by atoms with Crippen molar-refractivity contribution in [1.29, 1.82) is 0 Å². The Morgan fingerprint density at radius 2 is 1.62 bits per heavy atom. The van der Waals surface area contributed by atoms with E-state index >= 15 is 0 Å². The molecule has 0 saturated heterocycles. The van der Waals surface area contributed by atoms with E-state index in [9.17, 15) is 31.2 Å². The summed E-state index contributed by atoms with van der Waals surface area (Å²) in [4.78, 5) is 31.6. The first-order valence-electron chi connectivity index (χ1n) is 9.03. The Morgan fingerprint density at radius 3 is 2.09 bits per heavy atom. The number of nitrogens with one attached hydrogen (secondary N) is 2. The van der Waals surface area contributed by atoms with Gasteiger partial charge >= 0.3 is 12.1 Å². The van der Waals surface area contributed by atoms with Crippen LogP contribution < -0.4 is 26.3 Å². The molecule has 0 unspecified atom stereocenters. The molecule has 0 bridgehead atoms. The summed E-state index contributed by atoms with van der Waals surface area (Å²) in [5, 5.41) is 25.7. The highest BCUT2D eigenvalue weighted by molar-refractivity contribution is 7.89. The Morgan fingerprint density at radius 1 is 1.06 bits per heavy atom. The second-order valence-corrected chi connectivity index (χ2v) is 8.11. The maximum absolute atomic E-state index is 12.2. The monoisotopic (exact) mass is 504 g/mol. The molecule has 2 aromatic rings. The van der Waals surface area contributed by atoms with Crippen LogP contribution >= 0.6 is 0 Å². The molecule has 0 aromatic heterocycles. The molecule has 0 aliphatic rings. The number of halogens is 3. The number of alkyl halides is 3. The SMILES string of the molecule is NC(=[NH2+])c1ccc(S(=O)(=O)NCCC(=O)Nc2cccc(C(=O)O)c2)cc1.O=C([O-])C(F)(F)F. The zero-order valence-electron chi connectivity index (χ0n) is 17.1. The summed E-state index contributed by atoms with van der Waals surface area (Å²) in [6.07, 6.45) is -5.32. The summed E-state index contributed by atoms with van der Waals surface area (Å²) in [7, 11) is -3.79. The molecule has 11 nitrogen and oxygen atoms in total. The van der Waals surface area contributed by atoms with Gasteiger partial charge in [-0.3, -0.25) is 15.9 Å². The van der Waals surface area contributed by atoms with Crippen LogP contribution in [0.2, 0.25) is 0 Å². The van der Waals surface area contributed by atoms with Crippen LogP contribution in [0.15, 0.2) is 53.4 Å². The summed E-state index contributed by atoms with van der Waals surface area (Å²) in [5.74, 6) is -4.50. The Bertz CT molecular complexity index is 1170. The van der Waals surface area contributed by atoms with Crippen LogP contribution in [0.4, 0.5) is 18.9 Å². The number of benzene rings is 2. The van der Waals surface area contributed by atoms with Crippen LogP contribution in [-0.4, -0.2) is 49.9 Å². The van der Waals surface area contributed by atoms with E-state index in [0.29, 0.717) is 11.3 Å². The molecule has 0 heterocycles. The minimum absolute atomic E-state index is 0.0158. The molecule has 15 heteroatoms. The lowest BCUT2D eigenvalue weighted by molar-refractivity contribution is -0.344. The number of aromatic carboxylic acids is 1.